The third-order valence-corrected chi connectivity index (χ3v) is 4.72. The topological polar surface area (TPSA) is 84.5 Å². The van der Waals surface area contributed by atoms with Gasteiger partial charge in [0.15, 0.2) is 17.5 Å². The predicted molar refractivity (Wildman–Crippen MR) is 92.0 cm³/mol. The molecule has 0 bridgehead atoms. The van der Waals surface area contributed by atoms with Crippen LogP contribution in [0, 0.1) is 17.1 Å². The molecule has 1 atom stereocenters. The second-order valence-electron chi connectivity index (χ2n) is 6.42. The molecule has 3 heterocycles. The zero-order valence-corrected chi connectivity index (χ0v) is 14.0. The highest BCUT2D eigenvalue weighted by Gasteiger charge is 2.29. The number of benzene rings is 1. The number of aryl methyl sites for hydroxylation is 1. The molecule has 0 amide bonds. The van der Waals surface area contributed by atoms with Crippen LogP contribution in [0.1, 0.15) is 47.2 Å². The van der Waals surface area contributed by atoms with Crippen molar-refractivity contribution in [3.63, 3.8) is 0 Å². The molecule has 1 aromatic carbocycles. The molecule has 0 saturated heterocycles. The second kappa shape index (κ2) is 6.64. The number of halogens is 1. The van der Waals surface area contributed by atoms with Crippen molar-refractivity contribution in [2.45, 2.75) is 38.1 Å². The summed E-state index contributed by atoms with van der Waals surface area (Å²) in [4.78, 5) is 17.1. The molecule has 1 aliphatic heterocycles. The van der Waals surface area contributed by atoms with Gasteiger partial charge in [0.2, 0.25) is 0 Å². The number of Topliss-reactive ketones (excluding diaryl/α,β-unsaturated/α-hetero) is 1. The van der Waals surface area contributed by atoms with E-state index < -0.39 is 17.5 Å². The van der Waals surface area contributed by atoms with Gasteiger partial charge >= 0.3 is 0 Å². The molecule has 4 rings (SSSR count). The third kappa shape index (κ3) is 2.84. The first-order chi connectivity index (χ1) is 12.7. The van der Waals surface area contributed by atoms with E-state index in [-0.39, 0.29) is 5.56 Å². The van der Waals surface area contributed by atoms with E-state index in [0.29, 0.717) is 23.3 Å². The maximum absolute atomic E-state index is 13.5. The Balaban J connectivity index is 1.72. The lowest BCUT2D eigenvalue weighted by atomic mass is 9.98. The number of hydrogen-bond donors (Lipinski definition) is 0. The van der Waals surface area contributed by atoms with Crippen molar-refractivity contribution >= 4 is 16.7 Å². The number of carbonyl (C=O) groups excluding carboxylic acids is 1. The number of aromatic nitrogens is 4. The lowest BCUT2D eigenvalue weighted by Crippen LogP contribution is -2.18. The molecule has 1 unspecified atom stereocenters. The Kier molecular flexibility index (Phi) is 4.17. The van der Waals surface area contributed by atoms with Gasteiger partial charge in [-0.2, -0.15) is 5.26 Å². The largest absolute Gasteiger partial charge is 0.313 e. The van der Waals surface area contributed by atoms with Crippen LogP contribution in [0.3, 0.4) is 0 Å². The Morgan fingerprint density at radius 1 is 1.23 bits per heavy atom. The van der Waals surface area contributed by atoms with Gasteiger partial charge in [0.1, 0.15) is 11.6 Å². The summed E-state index contributed by atoms with van der Waals surface area (Å²) in [5.74, 6) is -0.644. The van der Waals surface area contributed by atoms with Gasteiger partial charge < -0.3 is 4.57 Å². The average molecular weight is 349 g/mol. The molecule has 130 valence electrons. The molecular formula is C19H16FN5O. The lowest BCUT2D eigenvalue weighted by Gasteiger charge is -2.11. The number of nitrogens with zero attached hydrogens (tertiary/aromatic N) is 5. The fourth-order valence-corrected chi connectivity index (χ4v) is 3.36. The van der Waals surface area contributed by atoms with Gasteiger partial charge in [-0.25, -0.2) is 4.39 Å². The number of rotatable bonds is 3. The van der Waals surface area contributed by atoms with E-state index in [0.717, 1.165) is 31.5 Å². The van der Waals surface area contributed by atoms with Crippen LogP contribution in [0.2, 0.25) is 0 Å². The molecular weight excluding hydrogens is 333 g/mol. The first kappa shape index (κ1) is 16.3. The van der Waals surface area contributed by atoms with E-state index in [4.69, 9.17) is 0 Å². The number of fused-ring (bicyclic) bond motifs is 2. The lowest BCUT2D eigenvalue weighted by molar-refractivity contribution is 0.0974. The SMILES string of the molecule is N#CC(C(=O)c1cnc2ccc(F)cc2c1)c1nnc2n1CCCCC2. The Morgan fingerprint density at radius 3 is 2.96 bits per heavy atom. The first-order valence-electron chi connectivity index (χ1n) is 8.58. The zero-order chi connectivity index (χ0) is 18.1. The Morgan fingerprint density at radius 2 is 2.12 bits per heavy atom. The smallest absolute Gasteiger partial charge is 0.189 e. The summed E-state index contributed by atoms with van der Waals surface area (Å²) in [5, 5.41) is 18.4. The molecule has 0 saturated carbocycles. The van der Waals surface area contributed by atoms with Crippen LogP contribution in [0.25, 0.3) is 10.9 Å². The van der Waals surface area contributed by atoms with Gasteiger partial charge in [-0.15, -0.1) is 10.2 Å². The van der Waals surface area contributed by atoms with Crippen molar-refractivity contribution in [2.75, 3.05) is 0 Å². The second-order valence-corrected chi connectivity index (χ2v) is 6.42. The number of hydrogen-bond acceptors (Lipinski definition) is 5. The van der Waals surface area contributed by atoms with E-state index in [1.165, 1.54) is 18.3 Å². The molecule has 26 heavy (non-hydrogen) atoms. The Labute approximate surface area is 149 Å². The number of pyridine rings is 1. The summed E-state index contributed by atoms with van der Waals surface area (Å²) in [6, 6.07) is 7.82. The Hall–Kier alpha value is -3.14. The van der Waals surface area contributed by atoms with Crippen LogP contribution in [-0.2, 0) is 13.0 Å². The monoisotopic (exact) mass is 349 g/mol. The summed E-state index contributed by atoms with van der Waals surface area (Å²) < 4.78 is 15.4. The normalized spacial score (nSPS) is 15.1. The van der Waals surface area contributed by atoms with Crippen molar-refractivity contribution in [3.05, 3.63) is 53.5 Å². The Bertz CT molecular complexity index is 1040. The van der Waals surface area contributed by atoms with E-state index in [9.17, 15) is 14.4 Å². The summed E-state index contributed by atoms with van der Waals surface area (Å²) in [6.45, 7) is 0.713. The molecule has 0 spiro atoms. The molecule has 1 aliphatic rings. The number of nitriles is 1. The van der Waals surface area contributed by atoms with Gasteiger partial charge in [-0.3, -0.25) is 9.78 Å². The number of carbonyl (C=O) groups is 1. The minimum Gasteiger partial charge on any atom is -0.313 e. The van der Waals surface area contributed by atoms with E-state index in [1.54, 1.807) is 12.1 Å². The van der Waals surface area contributed by atoms with Crippen LogP contribution < -0.4 is 0 Å². The van der Waals surface area contributed by atoms with Crippen molar-refractivity contribution < 1.29 is 9.18 Å². The van der Waals surface area contributed by atoms with Gasteiger partial charge in [0.05, 0.1) is 11.6 Å². The maximum atomic E-state index is 13.5. The minimum atomic E-state index is -1.05. The summed E-state index contributed by atoms with van der Waals surface area (Å²) in [5.41, 5.74) is 0.855. The standard InChI is InChI=1S/C19H16FN5O/c20-14-5-6-16-12(9-14)8-13(11-22-16)18(26)15(10-21)19-24-23-17-4-2-1-3-7-25(17)19/h5-6,8-9,11,15H,1-4,7H2. The molecule has 2 aromatic heterocycles. The van der Waals surface area contributed by atoms with Crippen molar-refractivity contribution in [2.24, 2.45) is 0 Å². The van der Waals surface area contributed by atoms with Crippen LogP contribution in [-0.4, -0.2) is 25.5 Å². The van der Waals surface area contributed by atoms with Crippen LogP contribution in [0.15, 0.2) is 30.5 Å². The van der Waals surface area contributed by atoms with Crippen molar-refractivity contribution in [1.82, 2.24) is 19.7 Å². The fourth-order valence-electron chi connectivity index (χ4n) is 3.36. The summed E-state index contributed by atoms with van der Waals surface area (Å²) in [6.07, 6.45) is 5.32. The van der Waals surface area contributed by atoms with Crippen molar-refractivity contribution in [1.29, 1.82) is 5.26 Å². The molecule has 0 N–H and O–H groups in total. The van der Waals surface area contributed by atoms with Gasteiger partial charge in [0.25, 0.3) is 0 Å². The fraction of sp³-hybridized carbons (Fsp3) is 0.316. The van der Waals surface area contributed by atoms with Crippen LogP contribution in [0.4, 0.5) is 4.39 Å². The molecule has 0 fully saturated rings. The zero-order valence-electron chi connectivity index (χ0n) is 14.0. The van der Waals surface area contributed by atoms with Gasteiger partial charge in [-0.05, 0) is 37.1 Å². The van der Waals surface area contributed by atoms with E-state index >= 15 is 0 Å². The molecule has 0 radical (unpaired) electrons. The molecule has 6 nitrogen and oxygen atoms in total. The van der Waals surface area contributed by atoms with Gasteiger partial charge in [-0.1, -0.05) is 6.42 Å². The highest BCUT2D eigenvalue weighted by atomic mass is 19.1. The quantitative estimate of drug-likeness (QED) is 0.678. The number of ketones is 1. The summed E-state index contributed by atoms with van der Waals surface area (Å²) >= 11 is 0. The predicted octanol–water partition coefficient (Wildman–Crippen LogP) is 3.18. The highest BCUT2D eigenvalue weighted by molar-refractivity contribution is 6.04. The average Bonchev–Trinajstić information content (AvgIpc) is 2.89. The first-order valence-corrected chi connectivity index (χ1v) is 8.58. The summed E-state index contributed by atoms with van der Waals surface area (Å²) in [7, 11) is 0. The molecule has 0 aliphatic carbocycles. The minimum absolute atomic E-state index is 0.264. The molecule has 7 heteroatoms. The third-order valence-electron chi connectivity index (χ3n) is 4.72. The highest BCUT2D eigenvalue weighted by Crippen LogP contribution is 2.24. The van der Waals surface area contributed by atoms with E-state index in [1.807, 2.05) is 4.57 Å². The molecule has 3 aromatic rings. The van der Waals surface area contributed by atoms with Crippen molar-refractivity contribution in [3.8, 4) is 6.07 Å². The van der Waals surface area contributed by atoms with Gasteiger partial charge in [0, 0.05) is 30.1 Å². The van der Waals surface area contributed by atoms with E-state index in [2.05, 4.69) is 21.3 Å². The van der Waals surface area contributed by atoms with Crippen LogP contribution >= 0.6 is 0 Å². The van der Waals surface area contributed by atoms with Crippen LogP contribution in [0.5, 0.6) is 0 Å². The maximum Gasteiger partial charge on any atom is 0.189 e.